The second-order valence-corrected chi connectivity index (χ2v) is 6.23. The Hall–Kier alpha value is -0.900. The van der Waals surface area contributed by atoms with Gasteiger partial charge < -0.3 is 10.6 Å². The third-order valence-corrected chi connectivity index (χ3v) is 3.36. The van der Waals surface area contributed by atoms with Crippen LogP contribution in [0.25, 0.3) is 0 Å². The van der Waals surface area contributed by atoms with Gasteiger partial charge in [-0.15, -0.1) is 0 Å². The molecule has 4 heteroatoms. The number of ketones is 1. The number of nitrogens with one attached hydrogen (secondary N) is 2. The maximum absolute atomic E-state index is 11.9. The number of rotatable bonds is 11. The average molecular weight is 284 g/mol. The van der Waals surface area contributed by atoms with E-state index in [0.29, 0.717) is 24.2 Å². The van der Waals surface area contributed by atoms with Crippen molar-refractivity contribution in [1.29, 1.82) is 0 Å². The van der Waals surface area contributed by atoms with Gasteiger partial charge in [-0.25, -0.2) is 0 Å². The first-order valence-electron chi connectivity index (χ1n) is 7.83. The minimum atomic E-state index is 0.0259. The van der Waals surface area contributed by atoms with Crippen LogP contribution in [0.2, 0.25) is 0 Å². The maximum Gasteiger partial charge on any atom is 0.216 e. The Labute approximate surface area is 124 Å². The van der Waals surface area contributed by atoms with Crippen LogP contribution in [0.15, 0.2) is 0 Å². The Bertz CT molecular complexity index is 288. The lowest BCUT2D eigenvalue weighted by Crippen LogP contribution is -2.31. The second kappa shape index (κ2) is 10.8. The number of carbonyl (C=O) groups is 2. The molecule has 4 nitrogen and oxygen atoms in total. The molecule has 20 heavy (non-hydrogen) atoms. The van der Waals surface area contributed by atoms with Crippen LogP contribution in [0, 0.1) is 11.8 Å². The summed E-state index contributed by atoms with van der Waals surface area (Å²) in [6.07, 6.45) is 3.74. The molecule has 0 rings (SSSR count). The largest absolute Gasteiger partial charge is 0.356 e. The molecule has 0 aliphatic rings. The molecule has 0 aromatic carbocycles. The molecule has 2 N–H and O–H groups in total. The zero-order valence-corrected chi connectivity index (χ0v) is 13.8. The van der Waals surface area contributed by atoms with E-state index in [-0.39, 0.29) is 11.8 Å². The molecule has 1 amide bonds. The molecule has 0 aliphatic heterocycles. The highest BCUT2D eigenvalue weighted by Crippen LogP contribution is 2.15. The number of hydrogen-bond donors (Lipinski definition) is 2. The number of Topliss-reactive ketones (excluding diaryl/α,β-unsaturated/α-hetero) is 1. The van der Waals surface area contributed by atoms with E-state index < -0.39 is 0 Å². The SMILES string of the molecule is CC(=O)NCCCC[C@H](CNC(C)C)CC(=O)C(C)C. The number of amides is 1. The quantitative estimate of drug-likeness (QED) is 0.573. The second-order valence-electron chi connectivity index (χ2n) is 6.23. The first-order valence-corrected chi connectivity index (χ1v) is 7.83. The number of unbranched alkanes of at least 4 members (excludes halogenated alkanes) is 1. The smallest absolute Gasteiger partial charge is 0.216 e. The minimum Gasteiger partial charge on any atom is -0.356 e. The van der Waals surface area contributed by atoms with E-state index in [1.54, 1.807) is 0 Å². The van der Waals surface area contributed by atoms with Gasteiger partial charge >= 0.3 is 0 Å². The van der Waals surface area contributed by atoms with Crippen molar-refractivity contribution < 1.29 is 9.59 Å². The molecule has 0 aromatic heterocycles. The summed E-state index contributed by atoms with van der Waals surface area (Å²) in [4.78, 5) is 22.7. The molecule has 0 fully saturated rings. The van der Waals surface area contributed by atoms with Crippen molar-refractivity contribution in [1.82, 2.24) is 10.6 Å². The van der Waals surface area contributed by atoms with Gasteiger partial charge in [0.1, 0.15) is 5.78 Å². The number of carbonyl (C=O) groups excluding carboxylic acids is 2. The Morgan fingerprint density at radius 1 is 1.05 bits per heavy atom. The Kier molecular flexibility index (Phi) is 10.3. The summed E-state index contributed by atoms with van der Waals surface area (Å²) < 4.78 is 0. The molecule has 0 heterocycles. The Balaban J connectivity index is 4.04. The predicted octanol–water partition coefficient (Wildman–Crippen LogP) is 2.52. The Morgan fingerprint density at radius 3 is 2.20 bits per heavy atom. The van der Waals surface area contributed by atoms with Crippen molar-refractivity contribution >= 4 is 11.7 Å². The van der Waals surface area contributed by atoms with E-state index in [2.05, 4.69) is 24.5 Å². The molecule has 0 bridgehead atoms. The van der Waals surface area contributed by atoms with Gasteiger partial charge in [0.05, 0.1) is 0 Å². The topological polar surface area (TPSA) is 58.2 Å². The average Bonchev–Trinajstić information content (AvgIpc) is 2.34. The summed E-state index contributed by atoms with van der Waals surface area (Å²) in [5, 5.41) is 6.23. The van der Waals surface area contributed by atoms with Gasteiger partial charge in [-0.2, -0.15) is 0 Å². The third kappa shape index (κ3) is 11.0. The van der Waals surface area contributed by atoms with E-state index in [1.807, 2.05) is 13.8 Å². The summed E-state index contributed by atoms with van der Waals surface area (Å²) in [5.74, 6) is 0.904. The van der Waals surface area contributed by atoms with Crippen LogP contribution < -0.4 is 10.6 Å². The van der Waals surface area contributed by atoms with Crippen molar-refractivity contribution in [2.45, 2.75) is 66.3 Å². The highest BCUT2D eigenvalue weighted by molar-refractivity contribution is 5.80. The van der Waals surface area contributed by atoms with Gasteiger partial charge in [0.2, 0.25) is 5.91 Å². The van der Waals surface area contributed by atoms with Crippen molar-refractivity contribution in [3.63, 3.8) is 0 Å². The molecular formula is C16H32N2O2. The zero-order chi connectivity index (χ0) is 15.5. The van der Waals surface area contributed by atoms with Gasteiger partial charge in [-0.3, -0.25) is 9.59 Å². The summed E-state index contributed by atoms with van der Waals surface area (Å²) in [6.45, 7) is 11.3. The van der Waals surface area contributed by atoms with Gasteiger partial charge in [0.15, 0.2) is 0 Å². The maximum atomic E-state index is 11.9. The fourth-order valence-corrected chi connectivity index (χ4v) is 2.02. The van der Waals surface area contributed by atoms with E-state index in [4.69, 9.17) is 0 Å². The molecule has 0 saturated heterocycles. The monoisotopic (exact) mass is 284 g/mol. The summed E-state index contributed by atoms with van der Waals surface area (Å²) >= 11 is 0. The fraction of sp³-hybridized carbons (Fsp3) is 0.875. The molecular weight excluding hydrogens is 252 g/mol. The van der Waals surface area contributed by atoms with Crippen molar-refractivity contribution in [3.05, 3.63) is 0 Å². The predicted molar refractivity (Wildman–Crippen MR) is 83.6 cm³/mol. The first-order chi connectivity index (χ1) is 9.32. The third-order valence-electron chi connectivity index (χ3n) is 3.36. The lowest BCUT2D eigenvalue weighted by molar-refractivity contribution is -0.123. The highest BCUT2D eigenvalue weighted by Gasteiger charge is 2.16. The molecule has 0 unspecified atom stereocenters. The lowest BCUT2D eigenvalue weighted by atomic mass is 9.92. The van der Waals surface area contributed by atoms with Crippen LogP contribution in [0.5, 0.6) is 0 Å². The molecule has 0 aromatic rings. The van der Waals surface area contributed by atoms with Gasteiger partial charge in [0, 0.05) is 31.8 Å². The van der Waals surface area contributed by atoms with Crippen LogP contribution in [0.3, 0.4) is 0 Å². The zero-order valence-electron chi connectivity index (χ0n) is 13.8. The van der Waals surface area contributed by atoms with E-state index in [0.717, 1.165) is 32.4 Å². The Morgan fingerprint density at radius 2 is 1.70 bits per heavy atom. The normalized spacial score (nSPS) is 12.8. The minimum absolute atomic E-state index is 0.0259. The van der Waals surface area contributed by atoms with Crippen LogP contribution in [-0.4, -0.2) is 30.8 Å². The summed E-state index contributed by atoms with van der Waals surface area (Å²) in [7, 11) is 0. The van der Waals surface area contributed by atoms with Crippen molar-refractivity contribution in [3.8, 4) is 0 Å². The highest BCUT2D eigenvalue weighted by atomic mass is 16.1. The lowest BCUT2D eigenvalue weighted by Gasteiger charge is -2.19. The van der Waals surface area contributed by atoms with Crippen LogP contribution in [0.1, 0.15) is 60.3 Å². The summed E-state index contributed by atoms with van der Waals surface area (Å²) in [5.41, 5.74) is 0. The van der Waals surface area contributed by atoms with Crippen molar-refractivity contribution in [2.75, 3.05) is 13.1 Å². The molecule has 0 aliphatic carbocycles. The van der Waals surface area contributed by atoms with E-state index in [1.165, 1.54) is 6.92 Å². The molecule has 1 atom stereocenters. The van der Waals surface area contributed by atoms with Crippen LogP contribution in [-0.2, 0) is 9.59 Å². The molecule has 118 valence electrons. The molecule has 0 saturated carbocycles. The summed E-state index contributed by atoms with van der Waals surface area (Å²) in [6, 6.07) is 0.450. The first kappa shape index (κ1) is 19.1. The van der Waals surface area contributed by atoms with Gasteiger partial charge in [0.25, 0.3) is 0 Å². The van der Waals surface area contributed by atoms with Crippen molar-refractivity contribution in [2.24, 2.45) is 11.8 Å². The molecule has 0 radical (unpaired) electrons. The number of hydrogen-bond acceptors (Lipinski definition) is 3. The van der Waals surface area contributed by atoms with Crippen LogP contribution in [0.4, 0.5) is 0 Å². The van der Waals surface area contributed by atoms with Gasteiger partial charge in [-0.05, 0) is 25.3 Å². The fourth-order valence-electron chi connectivity index (χ4n) is 2.02. The van der Waals surface area contributed by atoms with Gasteiger partial charge in [-0.1, -0.05) is 34.1 Å². The standard InChI is InChI=1S/C16H32N2O2/c1-12(2)16(20)10-15(11-18-13(3)4)8-6-7-9-17-14(5)19/h12-13,15,18H,6-11H2,1-5H3,(H,17,19)/t15-/m0/s1. The van der Waals surface area contributed by atoms with E-state index >= 15 is 0 Å². The van der Waals surface area contributed by atoms with Crippen LogP contribution >= 0.6 is 0 Å². The molecule has 0 spiro atoms. The van der Waals surface area contributed by atoms with E-state index in [9.17, 15) is 9.59 Å².